The molecule has 0 spiro atoms. The summed E-state index contributed by atoms with van der Waals surface area (Å²) in [5.74, 6) is -0.431. The molecule has 1 aromatic carbocycles. The topological polar surface area (TPSA) is 50.1 Å². The fourth-order valence-electron chi connectivity index (χ4n) is 1.39. The summed E-state index contributed by atoms with van der Waals surface area (Å²) in [5.41, 5.74) is 1.20. The maximum absolute atomic E-state index is 11.7. The molecule has 0 unspecified atom stereocenters. The molecular weight excluding hydrogens is 270 g/mol. The second-order valence-electron chi connectivity index (χ2n) is 3.45. The molecule has 0 saturated carbocycles. The third-order valence-electron chi connectivity index (χ3n) is 2.27. The van der Waals surface area contributed by atoms with Gasteiger partial charge in [-0.05, 0) is 18.2 Å². The highest BCUT2D eigenvalue weighted by Crippen LogP contribution is 2.22. The molecule has 0 aliphatic carbocycles. The number of carbonyl (C=O) groups excluding carboxylic acids is 1. The Morgan fingerprint density at radius 1 is 1.33 bits per heavy atom. The molecule has 0 saturated heterocycles. The number of rotatable bonds is 3. The molecule has 0 aliphatic rings. The number of benzene rings is 1. The Hall–Kier alpha value is -1.83. The van der Waals surface area contributed by atoms with Crippen molar-refractivity contribution in [1.29, 1.82) is 5.26 Å². The fourth-order valence-corrected chi connectivity index (χ4v) is 2.33. The molecule has 0 aliphatic heterocycles. The average molecular weight is 278 g/mol. The monoisotopic (exact) mass is 277 g/mol. The van der Waals surface area contributed by atoms with Crippen LogP contribution >= 0.6 is 22.9 Å². The standard InChI is InChI=1S/C13H8ClNO2S/c14-12-6-5-11(18-12)13(16)17-8-10-4-2-1-3-9(10)7-15/h1-6H,8H2. The number of nitriles is 1. The van der Waals surface area contributed by atoms with Gasteiger partial charge in [0.05, 0.1) is 16.0 Å². The van der Waals surface area contributed by atoms with Crippen molar-refractivity contribution in [1.82, 2.24) is 0 Å². The molecule has 0 bridgehead atoms. The van der Waals surface area contributed by atoms with Gasteiger partial charge in [-0.25, -0.2) is 4.79 Å². The van der Waals surface area contributed by atoms with Gasteiger partial charge in [0.25, 0.3) is 0 Å². The fraction of sp³-hybridized carbons (Fsp3) is 0.0769. The first-order valence-electron chi connectivity index (χ1n) is 5.11. The molecule has 90 valence electrons. The van der Waals surface area contributed by atoms with Crippen LogP contribution in [0.5, 0.6) is 0 Å². The van der Waals surface area contributed by atoms with Crippen LogP contribution in [0.15, 0.2) is 36.4 Å². The maximum atomic E-state index is 11.7. The van der Waals surface area contributed by atoms with E-state index in [1.807, 2.05) is 0 Å². The first kappa shape index (κ1) is 12.6. The molecular formula is C13H8ClNO2S. The van der Waals surface area contributed by atoms with Crippen LogP contribution in [-0.4, -0.2) is 5.97 Å². The summed E-state index contributed by atoms with van der Waals surface area (Å²) in [6, 6.07) is 12.3. The van der Waals surface area contributed by atoms with Crippen molar-refractivity contribution in [2.24, 2.45) is 0 Å². The van der Waals surface area contributed by atoms with Crippen LogP contribution in [0.3, 0.4) is 0 Å². The van der Waals surface area contributed by atoms with Gasteiger partial charge in [0.1, 0.15) is 11.5 Å². The molecule has 3 nitrogen and oxygen atoms in total. The second-order valence-corrected chi connectivity index (χ2v) is 5.16. The van der Waals surface area contributed by atoms with Crippen molar-refractivity contribution >= 4 is 28.9 Å². The minimum Gasteiger partial charge on any atom is -0.457 e. The maximum Gasteiger partial charge on any atom is 0.348 e. The number of nitrogens with zero attached hydrogens (tertiary/aromatic N) is 1. The van der Waals surface area contributed by atoms with E-state index in [2.05, 4.69) is 6.07 Å². The summed E-state index contributed by atoms with van der Waals surface area (Å²) in [4.78, 5) is 12.1. The first-order chi connectivity index (χ1) is 8.70. The predicted octanol–water partition coefficient (Wildman–Crippen LogP) is 3.63. The molecule has 5 heteroatoms. The number of esters is 1. The number of carbonyl (C=O) groups is 1. The van der Waals surface area contributed by atoms with Crippen LogP contribution in [0.4, 0.5) is 0 Å². The van der Waals surface area contributed by atoms with E-state index in [4.69, 9.17) is 21.6 Å². The Morgan fingerprint density at radius 3 is 2.78 bits per heavy atom. The summed E-state index contributed by atoms with van der Waals surface area (Å²) in [5, 5.41) is 8.90. The van der Waals surface area contributed by atoms with Gasteiger partial charge in [-0.1, -0.05) is 29.8 Å². The Morgan fingerprint density at radius 2 is 2.11 bits per heavy atom. The zero-order valence-electron chi connectivity index (χ0n) is 9.22. The Labute approximate surface area is 113 Å². The van der Waals surface area contributed by atoms with E-state index in [1.54, 1.807) is 36.4 Å². The van der Waals surface area contributed by atoms with E-state index in [9.17, 15) is 4.79 Å². The number of halogens is 1. The van der Waals surface area contributed by atoms with Crippen molar-refractivity contribution in [3.8, 4) is 6.07 Å². The Balaban J connectivity index is 2.04. The van der Waals surface area contributed by atoms with Gasteiger partial charge < -0.3 is 4.74 Å². The minimum atomic E-state index is -0.431. The van der Waals surface area contributed by atoms with Gasteiger partial charge >= 0.3 is 5.97 Å². The van der Waals surface area contributed by atoms with E-state index in [-0.39, 0.29) is 6.61 Å². The third kappa shape index (κ3) is 2.89. The quantitative estimate of drug-likeness (QED) is 0.805. The SMILES string of the molecule is N#Cc1ccccc1COC(=O)c1ccc(Cl)s1. The molecule has 0 radical (unpaired) electrons. The molecule has 0 amide bonds. The molecule has 0 fully saturated rings. The molecule has 1 heterocycles. The van der Waals surface area contributed by atoms with E-state index in [1.165, 1.54) is 11.3 Å². The molecule has 2 aromatic rings. The van der Waals surface area contributed by atoms with Crippen molar-refractivity contribution < 1.29 is 9.53 Å². The number of thiophene rings is 1. The zero-order valence-corrected chi connectivity index (χ0v) is 10.8. The molecule has 0 N–H and O–H groups in total. The number of ether oxygens (including phenoxy) is 1. The largest absolute Gasteiger partial charge is 0.457 e. The summed E-state index contributed by atoms with van der Waals surface area (Å²) < 4.78 is 5.67. The predicted molar refractivity (Wildman–Crippen MR) is 69.6 cm³/mol. The van der Waals surface area contributed by atoms with Crippen LogP contribution in [0.1, 0.15) is 20.8 Å². The van der Waals surface area contributed by atoms with Crippen LogP contribution in [-0.2, 0) is 11.3 Å². The van der Waals surface area contributed by atoms with Crippen LogP contribution in [0, 0.1) is 11.3 Å². The Kier molecular flexibility index (Phi) is 3.98. The van der Waals surface area contributed by atoms with Gasteiger partial charge in [0.15, 0.2) is 0 Å². The second kappa shape index (κ2) is 5.67. The van der Waals surface area contributed by atoms with E-state index >= 15 is 0 Å². The van der Waals surface area contributed by atoms with Crippen LogP contribution in [0.25, 0.3) is 0 Å². The lowest BCUT2D eigenvalue weighted by Crippen LogP contribution is -2.04. The molecule has 18 heavy (non-hydrogen) atoms. The van der Waals surface area contributed by atoms with E-state index in [0.717, 1.165) is 0 Å². The van der Waals surface area contributed by atoms with Crippen LogP contribution < -0.4 is 0 Å². The van der Waals surface area contributed by atoms with E-state index < -0.39 is 5.97 Å². The zero-order chi connectivity index (χ0) is 13.0. The van der Waals surface area contributed by atoms with Crippen molar-refractivity contribution in [3.63, 3.8) is 0 Å². The lowest BCUT2D eigenvalue weighted by Gasteiger charge is -2.04. The highest BCUT2D eigenvalue weighted by Gasteiger charge is 2.11. The highest BCUT2D eigenvalue weighted by atomic mass is 35.5. The van der Waals surface area contributed by atoms with Gasteiger partial charge in [0.2, 0.25) is 0 Å². The van der Waals surface area contributed by atoms with Gasteiger partial charge in [-0.2, -0.15) is 5.26 Å². The van der Waals surface area contributed by atoms with Crippen molar-refractivity contribution in [3.05, 3.63) is 56.7 Å². The normalized spacial score (nSPS) is 9.78. The summed E-state index contributed by atoms with van der Waals surface area (Å²) in [7, 11) is 0. The Bertz CT molecular complexity index is 615. The highest BCUT2D eigenvalue weighted by molar-refractivity contribution is 7.17. The molecule has 1 aromatic heterocycles. The van der Waals surface area contributed by atoms with E-state index in [0.29, 0.717) is 20.3 Å². The van der Waals surface area contributed by atoms with Crippen molar-refractivity contribution in [2.45, 2.75) is 6.61 Å². The van der Waals surface area contributed by atoms with Gasteiger partial charge in [-0.15, -0.1) is 11.3 Å². The first-order valence-corrected chi connectivity index (χ1v) is 6.30. The van der Waals surface area contributed by atoms with Crippen LogP contribution in [0.2, 0.25) is 4.34 Å². The van der Waals surface area contributed by atoms with Gasteiger partial charge in [-0.3, -0.25) is 0 Å². The molecule has 2 rings (SSSR count). The summed E-state index contributed by atoms with van der Waals surface area (Å²) in [6.45, 7) is 0.0814. The lowest BCUT2D eigenvalue weighted by molar-refractivity contribution is 0.0478. The summed E-state index contributed by atoms with van der Waals surface area (Å²) in [6.07, 6.45) is 0. The average Bonchev–Trinajstić information content (AvgIpc) is 2.83. The van der Waals surface area contributed by atoms with Gasteiger partial charge in [0, 0.05) is 5.56 Å². The van der Waals surface area contributed by atoms with Crippen molar-refractivity contribution in [2.75, 3.05) is 0 Å². The number of hydrogen-bond donors (Lipinski definition) is 0. The number of hydrogen-bond acceptors (Lipinski definition) is 4. The third-order valence-corrected chi connectivity index (χ3v) is 3.48. The minimum absolute atomic E-state index is 0.0814. The smallest absolute Gasteiger partial charge is 0.348 e. The lowest BCUT2D eigenvalue weighted by atomic mass is 10.1. The molecule has 0 atom stereocenters. The summed E-state index contributed by atoms with van der Waals surface area (Å²) >= 11 is 6.90.